The van der Waals surface area contributed by atoms with E-state index in [-0.39, 0.29) is 17.2 Å². The molecule has 0 N–H and O–H groups in total. The number of carbonyl (C=O) groups is 1. The van der Waals surface area contributed by atoms with Crippen LogP contribution in [-0.4, -0.2) is 19.0 Å². The van der Waals surface area contributed by atoms with Gasteiger partial charge < -0.3 is 9.47 Å². The van der Waals surface area contributed by atoms with Gasteiger partial charge in [0.25, 0.3) is 0 Å². The van der Waals surface area contributed by atoms with Crippen LogP contribution in [0.1, 0.15) is 23.6 Å². The number of cyclic esters (lactones) is 1. The lowest BCUT2D eigenvalue weighted by atomic mass is 10.1. The van der Waals surface area contributed by atoms with Crippen molar-refractivity contribution in [3.8, 4) is 5.75 Å². The molecule has 4 nitrogen and oxygen atoms in total. The highest BCUT2D eigenvalue weighted by Gasteiger charge is 2.25. The van der Waals surface area contributed by atoms with E-state index >= 15 is 0 Å². The molecule has 0 amide bonds. The summed E-state index contributed by atoms with van der Waals surface area (Å²) in [6, 6.07) is 8.70. The molecule has 0 saturated carbocycles. The van der Waals surface area contributed by atoms with E-state index < -0.39 is 17.6 Å². The van der Waals surface area contributed by atoms with Crippen molar-refractivity contribution in [1.82, 2.24) is 0 Å². The molecule has 3 rings (SSSR count). The Morgan fingerprint density at radius 3 is 2.64 bits per heavy atom. The average Bonchev–Trinajstić information content (AvgIpc) is 2.97. The number of aliphatic imine (C=N–C) groups is 1. The predicted molar refractivity (Wildman–Crippen MR) is 89.3 cm³/mol. The molecule has 0 bridgehead atoms. The van der Waals surface area contributed by atoms with E-state index in [1.165, 1.54) is 6.07 Å². The summed E-state index contributed by atoms with van der Waals surface area (Å²) in [6.07, 6.45) is 2.35. The Labute approximate surface area is 143 Å². The standard InChI is InChI=1S/C19H15F2NO3/c1-3-12-8-11(4-7-17(12)24-2)9-16-19(23)25-18(22-16)13-5-6-14(20)15(21)10-13/h4-10H,3H2,1-2H3/b16-9+. The number of halogens is 2. The summed E-state index contributed by atoms with van der Waals surface area (Å²) in [4.78, 5) is 16.1. The molecule has 0 aromatic heterocycles. The van der Waals surface area contributed by atoms with Crippen LogP contribution in [-0.2, 0) is 16.0 Å². The number of aryl methyl sites for hydroxylation is 1. The number of hydrogen-bond donors (Lipinski definition) is 0. The van der Waals surface area contributed by atoms with Gasteiger partial charge in [0.05, 0.1) is 7.11 Å². The quantitative estimate of drug-likeness (QED) is 0.625. The van der Waals surface area contributed by atoms with Crippen molar-refractivity contribution in [3.05, 3.63) is 70.4 Å². The molecule has 128 valence electrons. The molecule has 0 spiro atoms. The summed E-state index contributed by atoms with van der Waals surface area (Å²) in [6.45, 7) is 2.00. The van der Waals surface area contributed by atoms with Crippen LogP contribution in [0.4, 0.5) is 8.78 Å². The maximum absolute atomic E-state index is 13.3. The molecule has 0 fully saturated rings. The Hall–Kier alpha value is -3.02. The van der Waals surface area contributed by atoms with E-state index in [1.807, 2.05) is 19.1 Å². The first-order chi connectivity index (χ1) is 12.0. The minimum absolute atomic E-state index is 0.0561. The second kappa shape index (κ2) is 6.84. The van der Waals surface area contributed by atoms with E-state index in [2.05, 4.69) is 4.99 Å². The lowest BCUT2D eigenvalue weighted by Crippen LogP contribution is -2.06. The van der Waals surface area contributed by atoms with Crippen LogP contribution in [0.2, 0.25) is 0 Å². The van der Waals surface area contributed by atoms with Crippen LogP contribution in [0.25, 0.3) is 6.08 Å². The van der Waals surface area contributed by atoms with Crippen LogP contribution in [0.3, 0.4) is 0 Å². The monoisotopic (exact) mass is 343 g/mol. The Bertz CT molecular complexity index is 904. The molecule has 0 atom stereocenters. The number of benzene rings is 2. The van der Waals surface area contributed by atoms with Crippen LogP contribution < -0.4 is 4.74 Å². The first-order valence-corrected chi connectivity index (χ1v) is 7.66. The molecule has 0 unspecified atom stereocenters. The van der Waals surface area contributed by atoms with Crippen molar-refractivity contribution in [2.75, 3.05) is 7.11 Å². The van der Waals surface area contributed by atoms with Gasteiger partial charge in [0.2, 0.25) is 5.90 Å². The summed E-state index contributed by atoms with van der Waals surface area (Å²) in [5.74, 6) is -1.94. The largest absolute Gasteiger partial charge is 0.496 e. The Morgan fingerprint density at radius 1 is 1.16 bits per heavy atom. The molecule has 1 aliphatic heterocycles. The van der Waals surface area contributed by atoms with Crippen LogP contribution >= 0.6 is 0 Å². The van der Waals surface area contributed by atoms with Gasteiger partial charge in [-0.3, -0.25) is 0 Å². The topological polar surface area (TPSA) is 47.9 Å². The first kappa shape index (κ1) is 16.8. The van der Waals surface area contributed by atoms with Gasteiger partial charge in [0, 0.05) is 5.56 Å². The maximum atomic E-state index is 13.3. The fourth-order valence-corrected chi connectivity index (χ4v) is 2.48. The first-order valence-electron chi connectivity index (χ1n) is 7.66. The van der Waals surface area contributed by atoms with E-state index in [0.29, 0.717) is 0 Å². The molecule has 0 saturated heterocycles. The van der Waals surface area contributed by atoms with Crippen LogP contribution in [0, 0.1) is 11.6 Å². The lowest BCUT2D eigenvalue weighted by Gasteiger charge is -2.07. The minimum Gasteiger partial charge on any atom is -0.496 e. The molecule has 0 radical (unpaired) electrons. The van der Waals surface area contributed by atoms with Gasteiger partial charge in [-0.1, -0.05) is 13.0 Å². The van der Waals surface area contributed by atoms with Crippen molar-refractivity contribution < 1.29 is 23.0 Å². The second-order valence-corrected chi connectivity index (χ2v) is 5.39. The lowest BCUT2D eigenvalue weighted by molar-refractivity contribution is -0.129. The molecule has 2 aromatic rings. The van der Waals surface area contributed by atoms with Crippen molar-refractivity contribution in [1.29, 1.82) is 0 Å². The number of hydrogen-bond acceptors (Lipinski definition) is 4. The minimum atomic E-state index is -1.03. The Balaban J connectivity index is 1.94. The fourth-order valence-electron chi connectivity index (χ4n) is 2.48. The molecule has 1 heterocycles. The number of carbonyl (C=O) groups excluding carboxylic acids is 1. The highest BCUT2D eigenvalue weighted by Crippen LogP contribution is 2.24. The fraction of sp³-hybridized carbons (Fsp3) is 0.158. The number of ether oxygens (including phenoxy) is 2. The zero-order valence-corrected chi connectivity index (χ0v) is 13.7. The molecule has 6 heteroatoms. The van der Waals surface area contributed by atoms with Gasteiger partial charge >= 0.3 is 5.97 Å². The highest BCUT2D eigenvalue weighted by molar-refractivity contribution is 6.12. The third-order valence-electron chi connectivity index (χ3n) is 3.78. The summed E-state index contributed by atoms with van der Waals surface area (Å²) in [5.41, 5.74) is 2.04. The summed E-state index contributed by atoms with van der Waals surface area (Å²) >= 11 is 0. The van der Waals surface area contributed by atoms with Gasteiger partial charge in [-0.2, -0.15) is 0 Å². The second-order valence-electron chi connectivity index (χ2n) is 5.39. The summed E-state index contributed by atoms with van der Waals surface area (Å²) in [5, 5.41) is 0. The van der Waals surface area contributed by atoms with Crippen molar-refractivity contribution >= 4 is 17.9 Å². The molecule has 0 aliphatic carbocycles. The molecule has 1 aliphatic rings. The van der Waals surface area contributed by atoms with E-state index in [4.69, 9.17) is 9.47 Å². The summed E-state index contributed by atoms with van der Waals surface area (Å²) < 4.78 is 36.7. The SMILES string of the molecule is CCc1cc(/C=C2/N=C(c3ccc(F)c(F)c3)OC2=O)ccc1OC. The van der Waals surface area contributed by atoms with Crippen molar-refractivity contribution in [2.24, 2.45) is 4.99 Å². The molecular weight excluding hydrogens is 328 g/mol. The predicted octanol–water partition coefficient (Wildman–Crippen LogP) is 3.88. The molecule has 2 aromatic carbocycles. The maximum Gasteiger partial charge on any atom is 0.363 e. The zero-order chi connectivity index (χ0) is 18.0. The molecule has 25 heavy (non-hydrogen) atoms. The van der Waals surface area contributed by atoms with Gasteiger partial charge in [-0.05, 0) is 54.0 Å². The van der Waals surface area contributed by atoms with Gasteiger partial charge in [-0.25, -0.2) is 18.6 Å². The van der Waals surface area contributed by atoms with Crippen LogP contribution in [0.5, 0.6) is 5.75 Å². The Kier molecular flexibility index (Phi) is 4.61. The van der Waals surface area contributed by atoms with Gasteiger partial charge in [-0.15, -0.1) is 0 Å². The van der Waals surface area contributed by atoms with E-state index in [9.17, 15) is 13.6 Å². The van der Waals surface area contributed by atoms with Gasteiger partial charge in [0.15, 0.2) is 17.3 Å². The summed E-state index contributed by atoms with van der Waals surface area (Å²) in [7, 11) is 1.60. The normalized spacial score (nSPS) is 15.3. The third-order valence-corrected chi connectivity index (χ3v) is 3.78. The van der Waals surface area contributed by atoms with Crippen LogP contribution in [0.15, 0.2) is 47.1 Å². The number of esters is 1. The smallest absolute Gasteiger partial charge is 0.363 e. The van der Waals surface area contributed by atoms with E-state index in [1.54, 1.807) is 19.3 Å². The number of rotatable bonds is 4. The van der Waals surface area contributed by atoms with Gasteiger partial charge in [0.1, 0.15) is 5.75 Å². The average molecular weight is 343 g/mol. The highest BCUT2D eigenvalue weighted by atomic mass is 19.2. The molecular formula is C19H15F2NO3. The number of methoxy groups -OCH3 is 1. The van der Waals surface area contributed by atoms with Crippen molar-refractivity contribution in [2.45, 2.75) is 13.3 Å². The van der Waals surface area contributed by atoms with E-state index in [0.717, 1.165) is 35.4 Å². The third kappa shape index (κ3) is 3.42. The Morgan fingerprint density at radius 2 is 1.96 bits per heavy atom. The number of nitrogens with zero attached hydrogens (tertiary/aromatic N) is 1. The van der Waals surface area contributed by atoms with Crippen molar-refractivity contribution in [3.63, 3.8) is 0 Å². The zero-order valence-electron chi connectivity index (χ0n) is 13.7.